The largest absolute Gasteiger partial charge is 0.525 e. The van der Waals surface area contributed by atoms with E-state index in [2.05, 4.69) is 4.28 Å². The summed E-state index contributed by atoms with van der Waals surface area (Å²) in [5.74, 6) is -2.10. The van der Waals surface area contributed by atoms with Crippen molar-refractivity contribution >= 4 is 21.9 Å². The van der Waals surface area contributed by atoms with Gasteiger partial charge in [-0.05, 0) is 31.6 Å². The highest BCUT2D eigenvalue weighted by Gasteiger charge is 2.51. The van der Waals surface area contributed by atoms with Crippen molar-refractivity contribution in [2.45, 2.75) is 25.3 Å². The van der Waals surface area contributed by atoms with Crippen molar-refractivity contribution in [3.8, 4) is 0 Å². The number of halogens is 3. The molecule has 0 N–H and O–H groups in total. The van der Waals surface area contributed by atoms with Gasteiger partial charge in [0.05, 0.1) is 12.4 Å². The lowest BCUT2D eigenvalue weighted by Crippen LogP contribution is -2.45. The van der Waals surface area contributed by atoms with Crippen molar-refractivity contribution in [2.24, 2.45) is 0 Å². The molecule has 8 nitrogen and oxygen atoms in total. The van der Waals surface area contributed by atoms with E-state index in [1.165, 1.54) is 24.3 Å². The van der Waals surface area contributed by atoms with E-state index in [0.29, 0.717) is 32.0 Å². The molecule has 1 heterocycles. The summed E-state index contributed by atoms with van der Waals surface area (Å²) in [6, 6.07) is 0. The summed E-state index contributed by atoms with van der Waals surface area (Å²) in [5, 5.41) is -0.404. The van der Waals surface area contributed by atoms with Gasteiger partial charge >= 0.3 is 15.6 Å². The zero-order valence-electron chi connectivity index (χ0n) is 16.4. The van der Waals surface area contributed by atoms with Gasteiger partial charge in [-0.25, -0.2) is 0 Å². The Balaban J connectivity index is 2.28. The van der Waals surface area contributed by atoms with Crippen molar-refractivity contribution in [3.63, 3.8) is 0 Å². The summed E-state index contributed by atoms with van der Waals surface area (Å²) in [6.07, 6.45) is 10.5. The van der Waals surface area contributed by atoms with Crippen LogP contribution in [0.15, 0.2) is 59.4 Å². The summed E-state index contributed by atoms with van der Waals surface area (Å²) in [7, 11) is -6.22. The molecule has 0 spiro atoms. The minimum absolute atomic E-state index is 0.199. The van der Waals surface area contributed by atoms with Crippen LogP contribution in [-0.4, -0.2) is 50.6 Å². The molecule has 0 aromatic rings. The van der Waals surface area contributed by atoms with Gasteiger partial charge in [-0.3, -0.25) is 9.59 Å². The summed E-state index contributed by atoms with van der Waals surface area (Å²) in [4.78, 5) is 24.8. The van der Waals surface area contributed by atoms with Crippen LogP contribution >= 0.6 is 0 Å². The molecule has 2 rings (SSSR count). The number of carbonyl (C=O) groups excluding carboxylic acids is 2. The van der Waals surface area contributed by atoms with E-state index in [4.69, 9.17) is 9.47 Å². The molecule has 0 aromatic heterocycles. The lowest BCUT2D eigenvalue weighted by Gasteiger charge is -2.24. The number of allylic oxidation sites excluding steroid dienone is 6. The quantitative estimate of drug-likeness (QED) is 0.325. The molecule has 170 valence electrons. The highest BCUT2D eigenvalue weighted by atomic mass is 32.2. The minimum Gasteiger partial charge on any atom is -0.496 e. The number of hydrogen-bond donors (Lipinski definition) is 0. The summed E-state index contributed by atoms with van der Waals surface area (Å²) < 4.78 is 75.2. The van der Waals surface area contributed by atoms with Crippen LogP contribution in [0.1, 0.15) is 19.8 Å². The molecule has 0 saturated heterocycles. The number of imide groups is 1. The Hall–Kier alpha value is -2.70. The average molecular weight is 463 g/mol. The highest BCUT2D eigenvalue weighted by molar-refractivity contribution is 7.87. The fraction of sp³-hybridized carbons (Fsp3) is 0.368. The molecular formula is C19H20F3NO7S. The fourth-order valence-electron chi connectivity index (χ4n) is 2.43. The first-order chi connectivity index (χ1) is 14.6. The maximum absolute atomic E-state index is 12.6. The van der Waals surface area contributed by atoms with E-state index in [1.807, 2.05) is 6.92 Å². The molecule has 0 fully saturated rings. The van der Waals surface area contributed by atoms with Crippen LogP contribution in [0.3, 0.4) is 0 Å². The van der Waals surface area contributed by atoms with Gasteiger partial charge in [0, 0.05) is 24.2 Å². The van der Waals surface area contributed by atoms with Crippen molar-refractivity contribution < 1.29 is 44.9 Å². The summed E-state index contributed by atoms with van der Waals surface area (Å²) in [5.41, 5.74) is -6.24. The van der Waals surface area contributed by atoms with Crippen molar-refractivity contribution in [1.29, 1.82) is 0 Å². The maximum Gasteiger partial charge on any atom is 0.525 e. The van der Waals surface area contributed by atoms with Gasteiger partial charge in [-0.1, -0.05) is 24.3 Å². The van der Waals surface area contributed by atoms with Crippen LogP contribution in [0.5, 0.6) is 0 Å². The number of amides is 2. The van der Waals surface area contributed by atoms with Crippen LogP contribution in [0, 0.1) is 0 Å². The standard InChI is InChI=1S/C19H20F3NO7S/c1-2-28-11-12-29-16-9-5-3-4-7-14-13-15(8-6-10-16)18(25)23(17(14)24)30-31(26,27)19(20,21)22/h3-5,7-9,13H,2,6,10-12H2,1H3/b5-3+,7-4-,15-8+,16-9+. The summed E-state index contributed by atoms with van der Waals surface area (Å²) in [6.45, 7) is 3.06. The number of carbonyl (C=O) groups is 2. The molecular weight excluding hydrogens is 443 g/mol. The van der Waals surface area contributed by atoms with E-state index in [9.17, 15) is 31.2 Å². The Bertz CT molecular complexity index is 959. The first-order valence-corrected chi connectivity index (χ1v) is 10.5. The number of alkyl halides is 3. The third-order valence-electron chi connectivity index (χ3n) is 3.88. The SMILES string of the molecule is CCOCCO/C1=C/C=C/C=C\C2=CC(=C\CC1)/C(=O)N(OS(=O)(=O)C(F)(F)F)C2=O. The molecule has 0 unspecified atom stereocenters. The zero-order chi connectivity index (χ0) is 23.1. The summed E-state index contributed by atoms with van der Waals surface area (Å²) >= 11 is 0. The molecule has 31 heavy (non-hydrogen) atoms. The predicted octanol–water partition coefficient (Wildman–Crippen LogP) is 2.83. The maximum atomic E-state index is 12.6. The predicted molar refractivity (Wildman–Crippen MR) is 102 cm³/mol. The van der Waals surface area contributed by atoms with Gasteiger partial charge in [0.2, 0.25) is 0 Å². The fourth-order valence-corrected chi connectivity index (χ4v) is 2.84. The van der Waals surface area contributed by atoms with E-state index in [0.717, 1.165) is 6.08 Å². The third-order valence-corrected chi connectivity index (χ3v) is 4.80. The second-order valence-corrected chi connectivity index (χ2v) is 7.62. The molecule has 12 heteroatoms. The van der Waals surface area contributed by atoms with Crippen LogP contribution < -0.4 is 0 Å². The molecule has 0 atom stereocenters. The van der Waals surface area contributed by atoms with Crippen LogP contribution in [-0.2, 0) is 33.5 Å². The third kappa shape index (κ3) is 6.64. The second kappa shape index (κ2) is 10.6. The first-order valence-electron chi connectivity index (χ1n) is 9.12. The first kappa shape index (κ1) is 24.6. The number of fused-ring (bicyclic) bond motifs is 1. The van der Waals surface area contributed by atoms with Gasteiger partial charge in [-0.2, -0.15) is 21.6 Å². The van der Waals surface area contributed by atoms with Gasteiger partial charge in [0.1, 0.15) is 6.61 Å². The van der Waals surface area contributed by atoms with Gasteiger partial charge in [0.25, 0.3) is 11.8 Å². The van der Waals surface area contributed by atoms with Gasteiger partial charge in [0.15, 0.2) is 0 Å². The Morgan fingerprint density at radius 2 is 1.77 bits per heavy atom. The van der Waals surface area contributed by atoms with Crippen LogP contribution in [0.4, 0.5) is 13.2 Å². The lowest BCUT2D eigenvalue weighted by molar-refractivity contribution is -0.169. The Kier molecular flexibility index (Phi) is 8.36. The van der Waals surface area contributed by atoms with Gasteiger partial charge < -0.3 is 9.47 Å². The van der Waals surface area contributed by atoms with E-state index in [1.54, 1.807) is 12.2 Å². The van der Waals surface area contributed by atoms with Crippen molar-refractivity contribution in [1.82, 2.24) is 5.06 Å². The van der Waals surface area contributed by atoms with Crippen molar-refractivity contribution in [2.75, 3.05) is 19.8 Å². The van der Waals surface area contributed by atoms with Gasteiger partial charge in [-0.15, -0.1) is 9.35 Å². The smallest absolute Gasteiger partial charge is 0.496 e. The van der Waals surface area contributed by atoms with Crippen LogP contribution in [0.2, 0.25) is 0 Å². The minimum atomic E-state index is -6.22. The number of ether oxygens (including phenoxy) is 2. The highest BCUT2D eigenvalue weighted by Crippen LogP contribution is 2.29. The number of rotatable bonds is 7. The zero-order valence-corrected chi connectivity index (χ0v) is 17.2. The second-order valence-electron chi connectivity index (χ2n) is 6.10. The molecule has 2 amide bonds. The Labute approximate surface area is 177 Å². The Morgan fingerprint density at radius 1 is 1.06 bits per heavy atom. The molecule has 0 aromatic carbocycles. The molecule has 0 saturated carbocycles. The normalized spacial score (nSPS) is 23.5. The van der Waals surface area contributed by atoms with Crippen molar-refractivity contribution in [3.05, 3.63) is 59.4 Å². The number of nitrogens with zero attached hydrogens (tertiary/aromatic N) is 1. The molecule has 0 radical (unpaired) electrons. The Morgan fingerprint density at radius 3 is 2.45 bits per heavy atom. The number of hydrogen-bond acceptors (Lipinski definition) is 7. The topological polar surface area (TPSA) is 99.2 Å². The van der Waals surface area contributed by atoms with E-state index >= 15 is 0 Å². The molecule has 2 bridgehead atoms. The van der Waals surface area contributed by atoms with E-state index < -0.39 is 32.5 Å². The molecule has 1 aliphatic heterocycles. The lowest BCUT2D eigenvalue weighted by atomic mass is 10.0. The molecule has 2 aliphatic rings. The van der Waals surface area contributed by atoms with Crippen LogP contribution in [0.25, 0.3) is 0 Å². The monoisotopic (exact) mass is 463 g/mol. The molecule has 1 aliphatic carbocycles. The number of hydroxylamine groups is 2. The average Bonchev–Trinajstić information content (AvgIpc) is 2.68. The van der Waals surface area contributed by atoms with E-state index in [-0.39, 0.29) is 17.6 Å².